The van der Waals surface area contributed by atoms with Crippen molar-refractivity contribution in [2.75, 3.05) is 11.1 Å². The normalized spacial score (nSPS) is 11.9. The molecule has 4 rings (SSSR count). The van der Waals surface area contributed by atoms with Crippen molar-refractivity contribution in [3.8, 4) is 11.8 Å². The lowest BCUT2D eigenvalue weighted by Crippen LogP contribution is -2.16. The predicted molar refractivity (Wildman–Crippen MR) is 107 cm³/mol. The molecule has 0 aliphatic rings. The first kappa shape index (κ1) is 17.4. The molecule has 8 heteroatoms. The largest absolute Gasteiger partial charge is 0.368 e. The molecule has 28 heavy (non-hydrogen) atoms. The van der Waals surface area contributed by atoms with Gasteiger partial charge in [0.25, 0.3) is 0 Å². The molecule has 1 aromatic carbocycles. The van der Waals surface area contributed by atoms with E-state index in [-0.39, 0.29) is 12.0 Å². The molecule has 1 atom stereocenters. The summed E-state index contributed by atoms with van der Waals surface area (Å²) in [5.41, 5.74) is 9.17. The summed E-state index contributed by atoms with van der Waals surface area (Å²) < 4.78 is 2.00. The summed E-state index contributed by atoms with van der Waals surface area (Å²) in [5.74, 6) is 1.25. The standard InChI is InChI=1S/C20H18N8/c1-12-15(11-21)17(27-20(22)25-12)24-13(2)18-26-16-9-6-10-23-19(16)28(18)14-7-4-3-5-8-14/h3-10,13H,1-2H3,(H3,22,24,25,27). The topological polar surface area (TPSA) is 118 Å². The molecule has 138 valence electrons. The van der Waals surface area contributed by atoms with Gasteiger partial charge in [0.1, 0.15) is 28.8 Å². The van der Waals surface area contributed by atoms with Gasteiger partial charge in [0.05, 0.1) is 11.7 Å². The Morgan fingerprint density at radius 1 is 1.11 bits per heavy atom. The molecule has 8 nitrogen and oxygen atoms in total. The Kier molecular flexibility index (Phi) is 4.33. The number of aromatic nitrogens is 5. The molecule has 0 spiro atoms. The van der Waals surface area contributed by atoms with Crippen LogP contribution in [-0.2, 0) is 0 Å². The molecule has 0 bridgehead atoms. The highest BCUT2D eigenvalue weighted by Gasteiger charge is 2.21. The molecule has 0 aliphatic carbocycles. The van der Waals surface area contributed by atoms with E-state index in [1.807, 2.05) is 54.0 Å². The molecule has 1 unspecified atom stereocenters. The number of nitrogen functional groups attached to an aromatic ring is 1. The average Bonchev–Trinajstić information content (AvgIpc) is 3.08. The second-order valence-electron chi connectivity index (χ2n) is 6.36. The number of pyridine rings is 1. The first-order valence-electron chi connectivity index (χ1n) is 8.78. The first-order valence-corrected chi connectivity index (χ1v) is 8.78. The van der Waals surface area contributed by atoms with Crippen molar-refractivity contribution in [2.45, 2.75) is 19.9 Å². The Balaban J connectivity index is 1.83. The maximum Gasteiger partial charge on any atom is 0.222 e. The Hall–Kier alpha value is -3.99. The summed E-state index contributed by atoms with van der Waals surface area (Å²) in [6, 6.07) is 15.5. The minimum atomic E-state index is -0.268. The number of nitrogens with zero attached hydrogens (tertiary/aromatic N) is 6. The van der Waals surface area contributed by atoms with Gasteiger partial charge < -0.3 is 11.1 Å². The molecular formula is C20H18N8. The highest BCUT2D eigenvalue weighted by Crippen LogP contribution is 2.27. The second kappa shape index (κ2) is 6.96. The number of benzene rings is 1. The van der Waals surface area contributed by atoms with E-state index in [9.17, 15) is 5.26 Å². The lowest BCUT2D eigenvalue weighted by atomic mass is 10.2. The van der Waals surface area contributed by atoms with Crippen LogP contribution in [0.3, 0.4) is 0 Å². The molecule has 0 amide bonds. The quantitative estimate of drug-likeness (QED) is 0.566. The number of nitrogens with one attached hydrogen (secondary N) is 1. The van der Waals surface area contributed by atoms with Crippen LogP contribution in [0.4, 0.5) is 11.8 Å². The van der Waals surface area contributed by atoms with E-state index in [1.165, 1.54) is 0 Å². The number of anilines is 2. The van der Waals surface area contributed by atoms with Crippen LogP contribution in [0.1, 0.15) is 30.0 Å². The number of aryl methyl sites for hydroxylation is 1. The van der Waals surface area contributed by atoms with Gasteiger partial charge in [-0.15, -0.1) is 0 Å². The van der Waals surface area contributed by atoms with E-state index in [1.54, 1.807) is 13.1 Å². The predicted octanol–water partition coefficient (Wildman–Crippen LogP) is 3.15. The minimum absolute atomic E-state index is 0.115. The number of fused-ring (bicyclic) bond motifs is 1. The summed E-state index contributed by atoms with van der Waals surface area (Å²) >= 11 is 0. The van der Waals surface area contributed by atoms with Gasteiger partial charge in [-0.2, -0.15) is 10.2 Å². The number of hydrogen-bond acceptors (Lipinski definition) is 7. The molecule has 0 saturated carbocycles. The molecule has 0 fully saturated rings. The van der Waals surface area contributed by atoms with E-state index < -0.39 is 0 Å². The van der Waals surface area contributed by atoms with Gasteiger partial charge in [-0.3, -0.25) is 4.57 Å². The van der Waals surface area contributed by atoms with Crippen molar-refractivity contribution < 1.29 is 0 Å². The summed E-state index contributed by atoms with van der Waals surface area (Å²) in [6.45, 7) is 3.69. The fourth-order valence-electron chi connectivity index (χ4n) is 3.15. The van der Waals surface area contributed by atoms with Crippen molar-refractivity contribution in [2.24, 2.45) is 0 Å². The molecule has 4 aromatic rings. The van der Waals surface area contributed by atoms with Crippen molar-refractivity contribution in [1.82, 2.24) is 24.5 Å². The van der Waals surface area contributed by atoms with Gasteiger partial charge in [0.2, 0.25) is 5.95 Å². The van der Waals surface area contributed by atoms with Crippen molar-refractivity contribution in [1.29, 1.82) is 5.26 Å². The van der Waals surface area contributed by atoms with Gasteiger partial charge in [-0.1, -0.05) is 18.2 Å². The van der Waals surface area contributed by atoms with Crippen LogP contribution in [-0.4, -0.2) is 24.5 Å². The second-order valence-corrected chi connectivity index (χ2v) is 6.36. The Labute approximate surface area is 161 Å². The zero-order chi connectivity index (χ0) is 19.7. The number of rotatable bonds is 4. The Morgan fingerprint density at radius 3 is 2.64 bits per heavy atom. The summed E-state index contributed by atoms with van der Waals surface area (Å²) in [4.78, 5) is 17.5. The van der Waals surface area contributed by atoms with E-state index in [4.69, 9.17) is 10.7 Å². The van der Waals surface area contributed by atoms with Crippen LogP contribution >= 0.6 is 0 Å². The van der Waals surface area contributed by atoms with Gasteiger partial charge in [-0.25, -0.2) is 15.0 Å². The Bertz CT molecular complexity index is 1190. The van der Waals surface area contributed by atoms with Crippen LogP contribution in [0.15, 0.2) is 48.7 Å². The molecule has 3 N–H and O–H groups in total. The number of hydrogen-bond donors (Lipinski definition) is 2. The Morgan fingerprint density at radius 2 is 1.89 bits per heavy atom. The minimum Gasteiger partial charge on any atom is -0.368 e. The van der Waals surface area contributed by atoms with Crippen LogP contribution in [0.5, 0.6) is 0 Å². The smallest absolute Gasteiger partial charge is 0.222 e. The monoisotopic (exact) mass is 370 g/mol. The first-order chi connectivity index (χ1) is 13.6. The van der Waals surface area contributed by atoms with Gasteiger partial charge in [0.15, 0.2) is 5.65 Å². The van der Waals surface area contributed by atoms with E-state index in [2.05, 4.69) is 26.3 Å². The molecular weight excluding hydrogens is 352 g/mol. The van der Waals surface area contributed by atoms with E-state index in [0.29, 0.717) is 17.1 Å². The zero-order valence-corrected chi connectivity index (χ0v) is 15.5. The third-order valence-electron chi connectivity index (χ3n) is 4.42. The van der Waals surface area contributed by atoms with Crippen molar-refractivity contribution in [3.63, 3.8) is 0 Å². The maximum absolute atomic E-state index is 9.48. The molecule has 0 saturated heterocycles. The fraction of sp³-hybridized carbons (Fsp3) is 0.150. The maximum atomic E-state index is 9.48. The van der Waals surface area contributed by atoms with Gasteiger partial charge in [-0.05, 0) is 38.1 Å². The highest BCUT2D eigenvalue weighted by molar-refractivity contribution is 5.74. The average molecular weight is 370 g/mol. The summed E-state index contributed by atoms with van der Waals surface area (Å²) in [7, 11) is 0. The molecule has 3 heterocycles. The molecule has 3 aromatic heterocycles. The number of nitrogens with two attached hydrogens (primary N) is 1. The third kappa shape index (κ3) is 2.99. The fourth-order valence-corrected chi connectivity index (χ4v) is 3.15. The van der Waals surface area contributed by atoms with Crippen LogP contribution < -0.4 is 11.1 Å². The number of imidazole rings is 1. The van der Waals surface area contributed by atoms with Gasteiger partial charge in [0, 0.05) is 11.9 Å². The van der Waals surface area contributed by atoms with Crippen LogP contribution in [0.25, 0.3) is 16.9 Å². The summed E-state index contributed by atoms with van der Waals surface area (Å²) in [6.07, 6.45) is 1.74. The number of para-hydroxylation sites is 1. The van der Waals surface area contributed by atoms with Crippen LogP contribution in [0, 0.1) is 18.3 Å². The zero-order valence-electron chi connectivity index (χ0n) is 15.5. The lowest BCUT2D eigenvalue weighted by molar-refractivity contribution is 0.765. The van der Waals surface area contributed by atoms with Crippen molar-refractivity contribution in [3.05, 3.63) is 65.7 Å². The lowest BCUT2D eigenvalue weighted by Gasteiger charge is -2.17. The number of nitriles is 1. The molecule has 0 aliphatic heterocycles. The van der Waals surface area contributed by atoms with Gasteiger partial charge >= 0.3 is 0 Å². The van der Waals surface area contributed by atoms with Crippen LogP contribution in [0.2, 0.25) is 0 Å². The van der Waals surface area contributed by atoms with E-state index in [0.717, 1.165) is 22.7 Å². The molecule has 0 radical (unpaired) electrons. The highest BCUT2D eigenvalue weighted by atomic mass is 15.2. The SMILES string of the molecule is Cc1nc(N)nc(NC(C)c2nc3cccnc3n2-c2ccccc2)c1C#N. The van der Waals surface area contributed by atoms with E-state index >= 15 is 0 Å². The third-order valence-corrected chi connectivity index (χ3v) is 4.42. The van der Waals surface area contributed by atoms with Crippen molar-refractivity contribution >= 4 is 22.9 Å². The summed E-state index contributed by atoms with van der Waals surface area (Å²) in [5, 5.41) is 12.7.